The number of nitrogens with zero attached hydrogens (tertiary/aromatic N) is 1. The van der Waals surface area contributed by atoms with Crippen LogP contribution in [0.15, 0.2) is 54.7 Å². The lowest BCUT2D eigenvalue weighted by molar-refractivity contribution is 0.102. The minimum Gasteiger partial charge on any atom is -0.322 e. The summed E-state index contributed by atoms with van der Waals surface area (Å²) in [7, 11) is 0. The maximum absolute atomic E-state index is 12.5. The smallest absolute Gasteiger partial charge is 0.257 e. The fourth-order valence-corrected chi connectivity index (χ4v) is 2.46. The van der Waals surface area contributed by atoms with Crippen molar-refractivity contribution in [3.8, 4) is 0 Å². The summed E-state index contributed by atoms with van der Waals surface area (Å²) in [5.74, 6) is -0.190. The number of halogens is 1. The van der Waals surface area contributed by atoms with E-state index in [1.165, 1.54) is 6.20 Å². The zero-order valence-electron chi connectivity index (χ0n) is 11.4. The standard InChI is InChI=1S/C17H13ClN2O/c1-11-6-2-5-9-15(11)20-17(21)14-10-19-16(18)13-8-4-3-7-12(13)14/h2-10H,1H3,(H,20,21). The summed E-state index contributed by atoms with van der Waals surface area (Å²) in [5.41, 5.74) is 2.32. The minimum absolute atomic E-state index is 0.190. The normalized spacial score (nSPS) is 10.6. The molecule has 0 spiro atoms. The minimum atomic E-state index is -0.190. The lowest BCUT2D eigenvalue weighted by Crippen LogP contribution is -2.13. The van der Waals surface area contributed by atoms with Crippen LogP contribution in [0, 0.1) is 6.92 Å². The number of fused-ring (bicyclic) bond motifs is 1. The zero-order valence-corrected chi connectivity index (χ0v) is 12.2. The number of nitrogens with one attached hydrogen (secondary N) is 1. The van der Waals surface area contributed by atoms with Gasteiger partial charge in [0.25, 0.3) is 5.91 Å². The summed E-state index contributed by atoms with van der Waals surface area (Å²) >= 11 is 6.08. The molecule has 0 atom stereocenters. The first kappa shape index (κ1) is 13.6. The summed E-state index contributed by atoms with van der Waals surface area (Å²) in [6.45, 7) is 1.95. The number of aryl methyl sites for hydroxylation is 1. The summed E-state index contributed by atoms with van der Waals surface area (Å²) in [4.78, 5) is 16.6. The SMILES string of the molecule is Cc1ccccc1NC(=O)c1cnc(Cl)c2ccccc12. The van der Waals surface area contributed by atoms with Gasteiger partial charge in [-0.3, -0.25) is 4.79 Å². The highest BCUT2D eigenvalue weighted by Gasteiger charge is 2.13. The second kappa shape index (κ2) is 5.54. The van der Waals surface area contributed by atoms with Gasteiger partial charge in [-0.05, 0) is 23.9 Å². The predicted octanol–water partition coefficient (Wildman–Crippen LogP) is 4.45. The maximum atomic E-state index is 12.5. The number of aromatic nitrogens is 1. The second-order valence-corrected chi connectivity index (χ2v) is 5.14. The van der Waals surface area contributed by atoms with E-state index >= 15 is 0 Å². The monoisotopic (exact) mass is 296 g/mol. The average molecular weight is 297 g/mol. The first-order valence-corrected chi connectivity index (χ1v) is 6.95. The molecule has 4 heteroatoms. The molecule has 0 aliphatic rings. The van der Waals surface area contributed by atoms with Gasteiger partial charge in [-0.15, -0.1) is 0 Å². The highest BCUT2D eigenvalue weighted by molar-refractivity contribution is 6.35. The molecule has 0 unspecified atom stereocenters. The number of rotatable bonds is 2. The van der Waals surface area contributed by atoms with E-state index in [1.54, 1.807) is 0 Å². The molecule has 3 aromatic rings. The molecule has 0 bridgehead atoms. The second-order valence-electron chi connectivity index (χ2n) is 4.78. The van der Waals surface area contributed by atoms with Crippen LogP contribution in [0.5, 0.6) is 0 Å². The number of hydrogen-bond donors (Lipinski definition) is 1. The molecule has 0 saturated heterocycles. The van der Waals surface area contributed by atoms with Crippen molar-refractivity contribution in [3.63, 3.8) is 0 Å². The Morgan fingerprint density at radius 2 is 1.71 bits per heavy atom. The van der Waals surface area contributed by atoms with Crippen LogP contribution in [0.2, 0.25) is 5.15 Å². The van der Waals surface area contributed by atoms with Gasteiger partial charge in [-0.1, -0.05) is 54.1 Å². The third-order valence-corrected chi connectivity index (χ3v) is 3.69. The van der Waals surface area contributed by atoms with Gasteiger partial charge in [0.05, 0.1) is 5.56 Å². The van der Waals surface area contributed by atoms with Gasteiger partial charge in [0.1, 0.15) is 5.15 Å². The number of anilines is 1. The highest BCUT2D eigenvalue weighted by atomic mass is 35.5. The van der Waals surface area contributed by atoms with Crippen LogP contribution in [0.4, 0.5) is 5.69 Å². The van der Waals surface area contributed by atoms with Gasteiger partial charge >= 0.3 is 0 Å². The average Bonchev–Trinajstić information content (AvgIpc) is 2.50. The number of para-hydroxylation sites is 1. The Labute approximate surface area is 127 Å². The summed E-state index contributed by atoms with van der Waals surface area (Å²) in [5, 5.41) is 4.89. The molecule has 3 nitrogen and oxygen atoms in total. The molecule has 1 heterocycles. The first-order chi connectivity index (χ1) is 10.2. The molecule has 0 aliphatic carbocycles. The Morgan fingerprint density at radius 3 is 2.48 bits per heavy atom. The van der Waals surface area contributed by atoms with Gasteiger partial charge in [0, 0.05) is 17.3 Å². The van der Waals surface area contributed by atoms with Crippen LogP contribution >= 0.6 is 11.6 Å². The van der Waals surface area contributed by atoms with E-state index in [0.717, 1.165) is 22.0 Å². The molecular formula is C17H13ClN2O. The first-order valence-electron chi connectivity index (χ1n) is 6.57. The van der Waals surface area contributed by atoms with Crippen molar-refractivity contribution in [2.24, 2.45) is 0 Å². The Morgan fingerprint density at radius 1 is 1.05 bits per heavy atom. The number of carbonyl (C=O) groups excluding carboxylic acids is 1. The Bertz CT molecular complexity index is 830. The summed E-state index contributed by atoms with van der Waals surface area (Å²) in [6.07, 6.45) is 1.51. The van der Waals surface area contributed by atoms with Crippen molar-refractivity contribution in [1.82, 2.24) is 4.98 Å². The van der Waals surface area contributed by atoms with Crippen LogP contribution < -0.4 is 5.32 Å². The number of amides is 1. The predicted molar refractivity (Wildman–Crippen MR) is 85.9 cm³/mol. The Balaban J connectivity index is 2.03. The highest BCUT2D eigenvalue weighted by Crippen LogP contribution is 2.25. The lowest BCUT2D eigenvalue weighted by atomic mass is 10.1. The topological polar surface area (TPSA) is 42.0 Å². The van der Waals surface area contributed by atoms with E-state index in [1.807, 2.05) is 55.5 Å². The molecule has 0 radical (unpaired) electrons. The van der Waals surface area contributed by atoms with Gasteiger partial charge in [-0.25, -0.2) is 4.98 Å². The van der Waals surface area contributed by atoms with E-state index in [-0.39, 0.29) is 5.91 Å². The largest absolute Gasteiger partial charge is 0.322 e. The van der Waals surface area contributed by atoms with Gasteiger partial charge < -0.3 is 5.32 Å². The molecule has 0 aliphatic heterocycles. The zero-order chi connectivity index (χ0) is 14.8. The number of benzene rings is 2. The fraction of sp³-hybridized carbons (Fsp3) is 0.0588. The Hall–Kier alpha value is -2.39. The van der Waals surface area contributed by atoms with E-state index < -0.39 is 0 Å². The number of pyridine rings is 1. The van der Waals surface area contributed by atoms with Gasteiger partial charge in [0.2, 0.25) is 0 Å². The third-order valence-electron chi connectivity index (χ3n) is 3.38. The summed E-state index contributed by atoms with van der Waals surface area (Å²) < 4.78 is 0. The van der Waals surface area contributed by atoms with E-state index in [9.17, 15) is 4.79 Å². The van der Waals surface area contributed by atoms with Crippen molar-refractivity contribution in [2.75, 3.05) is 5.32 Å². The van der Waals surface area contributed by atoms with Gasteiger partial charge in [-0.2, -0.15) is 0 Å². The van der Waals surface area contributed by atoms with E-state index in [2.05, 4.69) is 10.3 Å². The molecule has 0 fully saturated rings. The van der Waals surface area contributed by atoms with Crippen LogP contribution in [-0.4, -0.2) is 10.9 Å². The molecule has 104 valence electrons. The molecule has 3 rings (SSSR count). The quantitative estimate of drug-likeness (QED) is 0.710. The van der Waals surface area contributed by atoms with E-state index in [0.29, 0.717) is 10.7 Å². The molecule has 0 saturated carbocycles. The van der Waals surface area contributed by atoms with Crippen molar-refractivity contribution < 1.29 is 4.79 Å². The van der Waals surface area contributed by atoms with Crippen molar-refractivity contribution in [1.29, 1.82) is 0 Å². The third kappa shape index (κ3) is 2.60. The fourth-order valence-electron chi connectivity index (χ4n) is 2.24. The van der Waals surface area contributed by atoms with Crippen LogP contribution in [-0.2, 0) is 0 Å². The van der Waals surface area contributed by atoms with E-state index in [4.69, 9.17) is 11.6 Å². The van der Waals surface area contributed by atoms with Crippen molar-refractivity contribution in [3.05, 3.63) is 71.0 Å². The van der Waals surface area contributed by atoms with Crippen LogP contribution in [0.3, 0.4) is 0 Å². The number of hydrogen-bond acceptors (Lipinski definition) is 2. The molecule has 1 aromatic heterocycles. The molecule has 1 amide bonds. The maximum Gasteiger partial charge on any atom is 0.257 e. The molecule has 2 aromatic carbocycles. The summed E-state index contributed by atoms with van der Waals surface area (Å²) in [6, 6.07) is 15.1. The number of carbonyl (C=O) groups is 1. The lowest BCUT2D eigenvalue weighted by Gasteiger charge is -2.10. The van der Waals surface area contributed by atoms with Crippen molar-refractivity contribution >= 4 is 34.0 Å². The van der Waals surface area contributed by atoms with Gasteiger partial charge in [0.15, 0.2) is 0 Å². The molecule has 1 N–H and O–H groups in total. The molecule has 21 heavy (non-hydrogen) atoms. The van der Waals surface area contributed by atoms with Crippen LogP contribution in [0.1, 0.15) is 15.9 Å². The Kier molecular flexibility index (Phi) is 3.59. The van der Waals surface area contributed by atoms with Crippen molar-refractivity contribution in [2.45, 2.75) is 6.92 Å². The van der Waals surface area contributed by atoms with Crippen LogP contribution in [0.25, 0.3) is 10.8 Å². The molecular weight excluding hydrogens is 284 g/mol.